The molecule has 1 aromatic carbocycles. The molecule has 126 valence electrons. The normalized spacial score (nSPS) is 15.4. The Hall–Kier alpha value is -1.84. The molecule has 0 radical (unpaired) electrons. The molecule has 2 amide bonds. The maximum atomic E-state index is 12.5. The van der Waals surface area contributed by atoms with Crippen molar-refractivity contribution >= 4 is 17.5 Å². The van der Waals surface area contributed by atoms with Crippen molar-refractivity contribution in [3.63, 3.8) is 0 Å². The van der Waals surface area contributed by atoms with E-state index in [2.05, 4.69) is 51.2 Å². The van der Waals surface area contributed by atoms with Gasteiger partial charge in [0.05, 0.1) is 6.54 Å². The number of likely N-dealkylation sites (tertiary alicyclic amines) is 1. The van der Waals surface area contributed by atoms with Crippen molar-refractivity contribution in [1.29, 1.82) is 0 Å². The first-order valence-corrected chi connectivity index (χ1v) is 8.60. The van der Waals surface area contributed by atoms with E-state index in [1.807, 2.05) is 0 Å². The maximum absolute atomic E-state index is 12.5. The van der Waals surface area contributed by atoms with E-state index in [9.17, 15) is 9.59 Å². The summed E-state index contributed by atoms with van der Waals surface area (Å²) in [7, 11) is 0. The fourth-order valence-corrected chi connectivity index (χ4v) is 3.08. The minimum Gasteiger partial charge on any atom is -0.333 e. The molecule has 1 N–H and O–H groups in total. The molecule has 0 spiro atoms. The van der Waals surface area contributed by atoms with E-state index < -0.39 is 0 Å². The van der Waals surface area contributed by atoms with E-state index in [4.69, 9.17) is 0 Å². The summed E-state index contributed by atoms with van der Waals surface area (Å²) in [6.45, 7) is 9.36. The zero-order valence-electron chi connectivity index (χ0n) is 14.7. The Kier molecular flexibility index (Phi) is 5.80. The van der Waals surface area contributed by atoms with Gasteiger partial charge in [-0.15, -0.1) is 0 Å². The topological polar surface area (TPSA) is 49.4 Å². The van der Waals surface area contributed by atoms with E-state index in [0.717, 1.165) is 29.7 Å². The molecule has 1 heterocycles. The number of carbonyl (C=O) groups is 2. The molecular weight excluding hydrogens is 288 g/mol. The number of nitrogens with one attached hydrogen (secondary N) is 1. The van der Waals surface area contributed by atoms with Gasteiger partial charge in [0.15, 0.2) is 0 Å². The Morgan fingerprint density at radius 2 is 1.74 bits per heavy atom. The quantitative estimate of drug-likeness (QED) is 0.896. The average molecular weight is 316 g/mol. The number of hydrogen-bond acceptors (Lipinski definition) is 2. The van der Waals surface area contributed by atoms with Crippen LogP contribution in [0.3, 0.4) is 0 Å². The van der Waals surface area contributed by atoms with Crippen LogP contribution in [0, 0.1) is 0 Å². The predicted octanol–water partition coefficient (Wildman–Crippen LogP) is 3.88. The molecular formula is C19H28N2O2. The van der Waals surface area contributed by atoms with Gasteiger partial charge < -0.3 is 10.2 Å². The number of nitrogens with zero attached hydrogens (tertiary/aromatic N) is 1. The van der Waals surface area contributed by atoms with Gasteiger partial charge in [-0.05, 0) is 35.8 Å². The average Bonchev–Trinajstić information content (AvgIpc) is 2.49. The minimum absolute atomic E-state index is 0.0904. The molecule has 4 heteroatoms. The molecule has 23 heavy (non-hydrogen) atoms. The number of benzene rings is 1. The second-order valence-corrected chi connectivity index (χ2v) is 6.94. The molecule has 0 aromatic heterocycles. The summed E-state index contributed by atoms with van der Waals surface area (Å²) in [6.07, 6.45) is 2.48. The maximum Gasteiger partial charge on any atom is 0.244 e. The van der Waals surface area contributed by atoms with E-state index in [1.165, 1.54) is 0 Å². The summed E-state index contributed by atoms with van der Waals surface area (Å²) in [4.78, 5) is 26.0. The monoisotopic (exact) mass is 316 g/mol. The second kappa shape index (κ2) is 7.62. The van der Waals surface area contributed by atoms with Gasteiger partial charge >= 0.3 is 0 Å². The van der Waals surface area contributed by atoms with Gasteiger partial charge in [-0.3, -0.25) is 9.59 Å². The third-order valence-electron chi connectivity index (χ3n) is 4.39. The molecule has 0 atom stereocenters. The highest BCUT2D eigenvalue weighted by Crippen LogP contribution is 2.32. The van der Waals surface area contributed by atoms with E-state index in [1.54, 1.807) is 4.90 Å². The predicted molar refractivity (Wildman–Crippen MR) is 93.7 cm³/mol. The molecule has 0 saturated carbocycles. The fourth-order valence-electron chi connectivity index (χ4n) is 3.08. The molecule has 1 saturated heterocycles. The van der Waals surface area contributed by atoms with Crippen LogP contribution in [-0.4, -0.2) is 29.8 Å². The van der Waals surface area contributed by atoms with Gasteiger partial charge in [0, 0.05) is 18.7 Å². The summed E-state index contributed by atoms with van der Waals surface area (Å²) in [5.41, 5.74) is 3.22. The Bertz CT molecular complexity index is 552. The number of rotatable bonds is 5. The van der Waals surface area contributed by atoms with Gasteiger partial charge in [0.25, 0.3) is 0 Å². The lowest BCUT2D eigenvalue weighted by Gasteiger charge is -2.27. The fraction of sp³-hybridized carbons (Fsp3) is 0.579. The number of amides is 2. The highest BCUT2D eigenvalue weighted by molar-refractivity contribution is 5.96. The van der Waals surface area contributed by atoms with Crippen LogP contribution in [0.5, 0.6) is 0 Å². The molecule has 0 bridgehead atoms. The van der Waals surface area contributed by atoms with E-state index in [0.29, 0.717) is 24.8 Å². The Balaban J connectivity index is 2.17. The highest BCUT2D eigenvalue weighted by atomic mass is 16.2. The van der Waals surface area contributed by atoms with Crippen molar-refractivity contribution in [1.82, 2.24) is 4.90 Å². The van der Waals surface area contributed by atoms with Crippen LogP contribution in [0.2, 0.25) is 0 Å². The first-order chi connectivity index (χ1) is 10.9. The van der Waals surface area contributed by atoms with Crippen molar-refractivity contribution in [2.45, 2.75) is 58.8 Å². The summed E-state index contributed by atoms with van der Waals surface area (Å²) in [5, 5.41) is 3.08. The molecule has 0 aliphatic carbocycles. The second-order valence-electron chi connectivity index (χ2n) is 6.94. The summed E-state index contributed by atoms with van der Waals surface area (Å²) in [5.74, 6) is 0.657. The van der Waals surface area contributed by atoms with Crippen molar-refractivity contribution in [3.05, 3.63) is 29.3 Å². The van der Waals surface area contributed by atoms with Crippen LogP contribution in [0.15, 0.2) is 18.2 Å². The highest BCUT2D eigenvalue weighted by Gasteiger charge is 2.22. The lowest BCUT2D eigenvalue weighted by molar-refractivity contribution is -0.136. The summed E-state index contributed by atoms with van der Waals surface area (Å²) >= 11 is 0. The van der Waals surface area contributed by atoms with E-state index >= 15 is 0 Å². The van der Waals surface area contributed by atoms with Crippen LogP contribution >= 0.6 is 0 Å². The molecule has 1 aliphatic rings. The number of piperidine rings is 1. The SMILES string of the molecule is CC(C)c1cccc(C(C)C)c1NC(=O)CN1CCCCC1=O. The zero-order chi connectivity index (χ0) is 17.0. The minimum atomic E-state index is -0.102. The van der Waals surface area contributed by atoms with Crippen LogP contribution in [-0.2, 0) is 9.59 Å². The molecule has 0 unspecified atom stereocenters. The summed E-state index contributed by atoms with van der Waals surface area (Å²) < 4.78 is 0. The van der Waals surface area contributed by atoms with Gasteiger partial charge in [0.1, 0.15) is 0 Å². The zero-order valence-corrected chi connectivity index (χ0v) is 14.7. The Labute approximate surface area is 139 Å². The smallest absolute Gasteiger partial charge is 0.244 e. The first kappa shape index (κ1) is 17.5. The molecule has 4 nitrogen and oxygen atoms in total. The Morgan fingerprint density at radius 3 is 2.26 bits per heavy atom. The molecule has 2 rings (SSSR count). The standard InChI is InChI=1S/C19H28N2O2/c1-13(2)15-8-7-9-16(14(3)4)19(15)20-17(22)12-21-11-6-5-10-18(21)23/h7-9,13-14H,5-6,10-12H2,1-4H3,(H,20,22). The number of carbonyl (C=O) groups excluding carboxylic acids is 2. The third-order valence-corrected chi connectivity index (χ3v) is 4.39. The van der Waals surface area contributed by atoms with Crippen LogP contribution < -0.4 is 5.32 Å². The van der Waals surface area contributed by atoms with Crippen molar-refractivity contribution in [3.8, 4) is 0 Å². The lowest BCUT2D eigenvalue weighted by Crippen LogP contribution is -2.41. The van der Waals surface area contributed by atoms with Gasteiger partial charge in [-0.25, -0.2) is 0 Å². The van der Waals surface area contributed by atoms with Crippen LogP contribution in [0.25, 0.3) is 0 Å². The number of para-hydroxylation sites is 1. The first-order valence-electron chi connectivity index (χ1n) is 8.60. The van der Waals surface area contributed by atoms with Crippen molar-refractivity contribution < 1.29 is 9.59 Å². The van der Waals surface area contributed by atoms with Crippen molar-refractivity contribution in [2.75, 3.05) is 18.4 Å². The number of hydrogen-bond donors (Lipinski definition) is 1. The van der Waals surface area contributed by atoms with Crippen molar-refractivity contribution in [2.24, 2.45) is 0 Å². The third kappa shape index (κ3) is 4.34. The van der Waals surface area contributed by atoms with Crippen LogP contribution in [0.4, 0.5) is 5.69 Å². The van der Waals surface area contributed by atoms with E-state index in [-0.39, 0.29) is 18.4 Å². The Morgan fingerprint density at radius 1 is 1.13 bits per heavy atom. The molecule has 1 aliphatic heterocycles. The lowest BCUT2D eigenvalue weighted by atomic mass is 9.92. The van der Waals surface area contributed by atoms with Gasteiger partial charge in [-0.2, -0.15) is 0 Å². The van der Waals surface area contributed by atoms with Gasteiger partial charge in [-0.1, -0.05) is 45.9 Å². The summed E-state index contributed by atoms with van der Waals surface area (Å²) in [6, 6.07) is 6.19. The van der Waals surface area contributed by atoms with Crippen LogP contribution in [0.1, 0.15) is 69.9 Å². The largest absolute Gasteiger partial charge is 0.333 e. The van der Waals surface area contributed by atoms with Gasteiger partial charge in [0.2, 0.25) is 11.8 Å². The molecule has 1 fully saturated rings. The molecule has 1 aromatic rings. The number of anilines is 1.